The fourth-order valence-corrected chi connectivity index (χ4v) is 2.44. The Morgan fingerprint density at radius 3 is 2.60 bits per heavy atom. The number of para-hydroxylation sites is 1. The van der Waals surface area contributed by atoms with Crippen molar-refractivity contribution in [2.75, 3.05) is 26.2 Å². The number of nitriles is 1. The molecule has 1 aliphatic rings. The van der Waals surface area contributed by atoms with Gasteiger partial charge in [0.15, 0.2) is 0 Å². The van der Waals surface area contributed by atoms with Crippen LogP contribution in [0.1, 0.15) is 19.4 Å². The molecule has 0 saturated carbocycles. The molecule has 1 aromatic carbocycles. The van der Waals surface area contributed by atoms with E-state index in [0.717, 1.165) is 19.6 Å². The van der Waals surface area contributed by atoms with Crippen LogP contribution in [-0.2, 0) is 4.74 Å². The third-order valence-corrected chi connectivity index (χ3v) is 3.17. The normalized spacial score (nSPS) is 22.6. The van der Waals surface area contributed by atoms with Gasteiger partial charge in [-0.25, -0.2) is 0 Å². The number of morpholine rings is 1. The van der Waals surface area contributed by atoms with E-state index in [0.29, 0.717) is 17.9 Å². The maximum Gasteiger partial charge on any atom is 0.137 e. The molecular formula is C15H21ClN2O2. The van der Waals surface area contributed by atoms with E-state index in [1.807, 2.05) is 18.2 Å². The van der Waals surface area contributed by atoms with Crippen LogP contribution in [0.5, 0.6) is 5.75 Å². The third-order valence-electron chi connectivity index (χ3n) is 3.17. The lowest BCUT2D eigenvalue weighted by Gasteiger charge is -2.35. The number of nitrogens with zero attached hydrogens (tertiary/aromatic N) is 2. The predicted molar refractivity (Wildman–Crippen MR) is 80.3 cm³/mol. The number of rotatable bonds is 4. The monoisotopic (exact) mass is 296 g/mol. The maximum atomic E-state index is 8.98. The molecule has 2 atom stereocenters. The Bertz CT molecular complexity index is 451. The number of hydrogen-bond donors (Lipinski definition) is 0. The van der Waals surface area contributed by atoms with Crippen molar-refractivity contribution in [3.63, 3.8) is 0 Å². The van der Waals surface area contributed by atoms with Gasteiger partial charge in [-0.2, -0.15) is 5.26 Å². The molecule has 0 aromatic heterocycles. The van der Waals surface area contributed by atoms with Crippen LogP contribution in [0.2, 0.25) is 0 Å². The SMILES string of the molecule is CC1CN(CCOc2ccccc2C#N)CC(C)O1.Cl. The van der Waals surface area contributed by atoms with E-state index in [2.05, 4.69) is 24.8 Å². The Morgan fingerprint density at radius 2 is 1.95 bits per heavy atom. The van der Waals surface area contributed by atoms with E-state index in [1.54, 1.807) is 6.07 Å². The van der Waals surface area contributed by atoms with Gasteiger partial charge >= 0.3 is 0 Å². The minimum atomic E-state index is 0. The van der Waals surface area contributed by atoms with Gasteiger partial charge < -0.3 is 9.47 Å². The largest absolute Gasteiger partial charge is 0.491 e. The number of hydrogen-bond acceptors (Lipinski definition) is 4. The molecule has 2 rings (SSSR count). The molecule has 1 fully saturated rings. The first-order valence-corrected chi connectivity index (χ1v) is 6.69. The Balaban J connectivity index is 0.00000200. The molecule has 0 bridgehead atoms. The van der Waals surface area contributed by atoms with Crippen molar-refractivity contribution in [3.8, 4) is 11.8 Å². The van der Waals surface area contributed by atoms with E-state index in [1.165, 1.54) is 0 Å². The van der Waals surface area contributed by atoms with E-state index >= 15 is 0 Å². The van der Waals surface area contributed by atoms with Crippen molar-refractivity contribution in [1.29, 1.82) is 5.26 Å². The van der Waals surface area contributed by atoms with Gasteiger partial charge in [-0.15, -0.1) is 12.4 Å². The molecule has 0 radical (unpaired) electrons. The molecule has 5 heteroatoms. The molecule has 0 N–H and O–H groups in total. The molecule has 110 valence electrons. The van der Waals surface area contributed by atoms with Crippen molar-refractivity contribution in [1.82, 2.24) is 4.90 Å². The Kier molecular flexibility index (Phi) is 6.80. The average Bonchev–Trinajstić information content (AvgIpc) is 2.38. The molecular weight excluding hydrogens is 276 g/mol. The van der Waals surface area contributed by atoms with Gasteiger partial charge in [-0.1, -0.05) is 12.1 Å². The van der Waals surface area contributed by atoms with Crippen LogP contribution in [0.15, 0.2) is 24.3 Å². The summed E-state index contributed by atoms with van der Waals surface area (Å²) in [7, 11) is 0. The van der Waals surface area contributed by atoms with Crippen molar-refractivity contribution >= 4 is 12.4 Å². The molecule has 0 aliphatic carbocycles. The highest BCUT2D eigenvalue weighted by atomic mass is 35.5. The summed E-state index contributed by atoms with van der Waals surface area (Å²) in [5.41, 5.74) is 0.589. The standard InChI is InChI=1S/C15H20N2O2.ClH/c1-12-10-17(11-13(2)19-12)7-8-18-15-6-4-3-5-14(15)9-16;/h3-6,12-13H,7-8,10-11H2,1-2H3;1H. The Morgan fingerprint density at radius 1 is 1.30 bits per heavy atom. The van der Waals surface area contributed by atoms with E-state index in [4.69, 9.17) is 14.7 Å². The van der Waals surface area contributed by atoms with E-state index in [9.17, 15) is 0 Å². The summed E-state index contributed by atoms with van der Waals surface area (Å²) in [6.45, 7) is 7.51. The van der Waals surface area contributed by atoms with Crippen molar-refractivity contribution in [2.45, 2.75) is 26.1 Å². The van der Waals surface area contributed by atoms with Crippen LogP contribution in [0.25, 0.3) is 0 Å². The highest BCUT2D eigenvalue weighted by molar-refractivity contribution is 5.85. The summed E-state index contributed by atoms with van der Waals surface area (Å²) in [4.78, 5) is 2.34. The zero-order valence-electron chi connectivity index (χ0n) is 11.9. The highest BCUT2D eigenvalue weighted by Gasteiger charge is 2.21. The molecule has 1 aromatic rings. The molecule has 20 heavy (non-hydrogen) atoms. The Labute approximate surface area is 126 Å². The topological polar surface area (TPSA) is 45.5 Å². The van der Waals surface area contributed by atoms with Gasteiger partial charge in [0.2, 0.25) is 0 Å². The van der Waals surface area contributed by atoms with E-state index in [-0.39, 0.29) is 24.6 Å². The summed E-state index contributed by atoms with van der Waals surface area (Å²) in [5.74, 6) is 0.666. The van der Waals surface area contributed by atoms with Crippen molar-refractivity contribution < 1.29 is 9.47 Å². The zero-order chi connectivity index (χ0) is 13.7. The third kappa shape index (κ3) is 4.68. The first-order chi connectivity index (χ1) is 9.19. The van der Waals surface area contributed by atoms with Crippen LogP contribution >= 0.6 is 12.4 Å². The molecule has 0 spiro atoms. The summed E-state index contributed by atoms with van der Waals surface area (Å²) in [5, 5.41) is 8.98. The zero-order valence-corrected chi connectivity index (χ0v) is 12.7. The first kappa shape index (κ1) is 16.8. The maximum absolute atomic E-state index is 8.98. The van der Waals surface area contributed by atoms with Gasteiger partial charge in [0.25, 0.3) is 0 Å². The van der Waals surface area contributed by atoms with Crippen molar-refractivity contribution in [2.24, 2.45) is 0 Å². The number of benzene rings is 1. The van der Waals surface area contributed by atoms with Gasteiger partial charge in [-0.05, 0) is 26.0 Å². The van der Waals surface area contributed by atoms with Gasteiger partial charge in [0, 0.05) is 19.6 Å². The summed E-state index contributed by atoms with van der Waals surface area (Å²) in [6.07, 6.45) is 0.547. The fraction of sp³-hybridized carbons (Fsp3) is 0.533. The smallest absolute Gasteiger partial charge is 0.137 e. The molecule has 1 heterocycles. The summed E-state index contributed by atoms with van der Waals surface area (Å²) < 4.78 is 11.4. The van der Waals surface area contributed by atoms with Gasteiger partial charge in [0.1, 0.15) is 18.4 Å². The number of ether oxygens (including phenoxy) is 2. The molecule has 4 nitrogen and oxygen atoms in total. The fourth-order valence-electron chi connectivity index (χ4n) is 2.44. The second-order valence-corrected chi connectivity index (χ2v) is 4.97. The van der Waals surface area contributed by atoms with Crippen molar-refractivity contribution in [3.05, 3.63) is 29.8 Å². The van der Waals surface area contributed by atoms with E-state index < -0.39 is 0 Å². The molecule has 0 amide bonds. The lowest BCUT2D eigenvalue weighted by molar-refractivity contribution is -0.0699. The summed E-state index contributed by atoms with van der Waals surface area (Å²) in [6, 6.07) is 9.48. The molecule has 1 aliphatic heterocycles. The lowest BCUT2D eigenvalue weighted by Crippen LogP contribution is -2.46. The van der Waals surface area contributed by atoms with Crippen LogP contribution in [0.3, 0.4) is 0 Å². The highest BCUT2D eigenvalue weighted by Crippen LogP contribution is 2.16. The van der Waals surface area contributed by atoms with Gasteiger partial charge in [-0.3, -0.25) is 4.90 Å². The second kappa shape index (κ2) is 8.11. The van der Waals surface area contributed by atoms with Gasteiger partial charge in [0.05, 0.1) is 17.8 Å². The van der Waals surface area contributed by atoms with Crippen LogP contribution in [0.4, 0.5) is 0 Å². The minimum absolute atomic E-state index is 0. The minimum Gasteiger partial charge on any atom is -0.491 e. The number of halogens is 1. The average molecular weight is 297 g/mol. The lowest BCUT2D eigenvalue weighted by atomic mass is 10.2. The molecule has 1 saturated heterocycles. The van der Waals surface area contributed by atoms with Crippen LogP contribution in [0, 0.1) is 11.3 Å². The summed E-state index contributed by atoms with van der Waals surface area (Å²) >= 11 is 0. The second-order valence-electron chi connectivity index (χ2n) is 4.97. The Hall–Kier alpha value is -1.28. The first-order valence-electron chi connectivity index (χ1n) is 6.69. The van der Waals surface area contributed by atoms with Crippen LogP contribution < -0.4 is 4.74 Å². The van der Waals surface area contributed by atoms with Crippen LogP contribution in [-0.4, -0.2) is 43.3 Å². The quantitative estimate of drug-likeness (QED) is 0.856. The molecule has 2 unspecified atom stereocenters. The predicted octanol–water partition coefficient (Wildman–Crippen LogP) is 2.47.